The van der Waals surface area contributed by atoms with E-state index in [-0.39, 0.29) is 0 Å². The van der Waals surface area contributed by atoms with Gasteiger partial charge in [-0.1, -0.05) is 6.92 Å². The van der Waals surface area contributed by atoms with Gasteiger partial charge >= 0.3 is 0 Å². The lowest BCUT2D eigenvalue weighted by Gasteiger charge is -2.09. The first kappa shape index (κ1) is 12.8. The molecular formula is C13H16IN5. The quantitative estimate of drug-likeness (QED) is 0.824. The van der Waals surface area contributed by atoms with E-state index in [2.05, 4.69) is 49.9 Å². The first-order valence-corrected chi connectivity index (χ1v) is 7.67. The van der Waals surface area contributed by atoms with Crippen molar-refractivity contribution in [3.63, 3.8) is 0 Å². The van der Waals surface area contributed by atoms with Crippen molar-refractivity contribution in [2.24, 2.45) is 0 Å². The van der Waals surface area contributed by atoms with Crippen LogP contribution in [0.3, 0.4) is 0 Å². The summed E-state index contributed by atoms with van der Waals surface area (Å²) in [5.41, 5.74) is 0. The van der Waals surface area contributed by atoms with Crippen LogP contribution < -0.4 is 5.32 Å². The van der Waals surface area contributed by atoms with Crippen LogP contribution in [0.25, 0.3) is 5.82 Å². The van der Waals surface area contributed by atoms with Gasteiger partial charge in [-0.05, 0) is 41.9 Å². The Morgan fingerprint density at radius 3 is 2.89 bits per heavy atom. The maximum atomic E-state index is 4.63. The average molecular weight is 369 g/mol. The number of hydrogen-bond donors (Lipinski definition) is 1. The number of halogens is 1. The lowest BCUT2D eigenvalue weighted by molar-refractivity contribution is 0.808. The molecule has 0 aliphatic heterocycles. The molecule has 1 aliphatic rings. The molecule has 0 atom stereocenters. The largest absolute Gasteiger partial charge is 0.370 e. The maximum absolute atomic E-state index is 4.63. The van der Waals surface area contributed by atoms with Crippen molar-refractivity contribution >= 4 is 28.4 Å². The summed E-state index contributed by atoms with van der Waals surface area (Å²) in [6, 6.07) is 1.96. The van der Waals surface area contributed by atoms with Gasteiger partial charge in [-0.3, -0.25) is 0 Å². The maximum Gasteiger partial charge on any atom is 0.159 e. The van der Waals surface area contributed by atoms with Gasteiger partial charge in [0, 0.05) is 24.7 Å². The number of aromatic nitrogens is 4. The van der Waals surface area contributed by atoms with Crippen LogP contribution >= 0.6 is 22.6 Å². The van der Waals surface area contributed by atoms with Crippen LogP contribution in [0.1, 0.15) is 37.9 Å². The third kappa shape index (κ3) is 3.05. The summed E-state index contributed by atoms with van der Waals surface area (Å²) in [4.78, 5) is 9.23. The molecule has 100 valence electrons. The van der Waals surface area contributed by atoms with Gasteiger partial charge in [-0.15, -0.1) is 0 Å². The minimum Gasteiger partial charge on any atom is -0.370 e. The third-order valence-electron chi connectivity index (χ3n) is 3.01. The van der Waals surface area contributed by atoms with Gasteiger partial charge in [0.25, 0.3) is 0 Å². The Morgan fingerprint density at radius 2 is 2.26 bits per heavy atom. The Bertz CT molecular complexity index is 576. The van der Waals surface area contributed by atoms with Gasteiger partial charge in [-0.2, -0.15) is 5.10 Å². The summed E-state index contributed by atoms with van der Waals surface area (Å²) >= 11 is 2.25. The van der Waals surface area contributed by atoms with E-state index in [0.717, 1.165) is 34.0 Å². The first-order chi connectivity index (χ1) is 9.26. The summed E-state index contributed by atoms with van der Waals surface area (Å²) < 4.78 is 2.92. The zero-order chi connectivity index (χ0) is 13.2. The summed E-state index contributed by atoms with van der Waals surface area (Å²) in [6.45, 7) is 3.07. The second kappa shape index (κ2) is 5.44. The van der Waals surface area contributed by atoms with Crippen LogP contribution in [0.15, 0.2) is 18.5 Å². The first-order valence-electron chi connectivity index (χ1n) is 6.59. The molecule has 2 aromatic heterocycles. The van der Waals surface area contributed by atoms with Crippen molar-refractivity contribution in [2.45, 2.75) is 32.1 Å². The summed E-state index contributed by atoms with van der Waals surface area (Å²) in [5, 5.41) is 7.66. The van der Waals surface area contributed by atoms with E-state index in [1.807, 2.05) is 23.1 Å². The normalized spacial score (nSPS) is 14.6. The number of anilines is 1. The molecule has 0 radical (unpaired) electrons. The fraction of sp³-hybridized carbons (Fsp3) is 0.462. The lowest BCUT2D eigenvalue weighted by atomic mass is 10.3. The van der Waals surface area contributed by atoms with E-state index in [9.17, 15) is 0 Å². The molecule has 2 heterocycles. The Morgan fingerprint density at radius 1 is 1.42 bits per heavy atom. The highest BCUT2D eigenvalue weighted by Crippen LogP contribution is 2.38. The predicted octanol–water partition coefficient (Wildman–Crippen LogP) is 2.97. The highest BCUT2D eigenvalue weighted by atomic mass is 127. The van der Waals surface area contributed by atoms with E-state index in [1.54, 1.807) is 0 Å². The highest BCUT2D eigenvalue weighted by Gasteiger charge is 2.27. The molecule has 1 saturated carbocycles. The number of hydrogen-bond acceptors (Lipinski definition) is 4. The minimum atomic E-state index is 0.539. The molecule has 3 rings (SSSR count). The highest BCUT2D eigenvalue weighted by molar-refractivity contribution is 14.1. The molecule has 6 heteroatoms. The zero-order valence-electron chi connectivity index (χ0n) is 10.8. The fourth-order valence-corrected chi connectivity index (χ4v) is 2.25. The van der Waals surface area contributed by atoms with E-state index in [4.69, 9.17) is 0 Å². The molecule has 19 heavy (non-hydrogen) atoms. The molecule has 0 bridgehead atoms. The van der Waals surface area contributed by atoms with Gasteiger partial charge in [0.15, 0.2) is 5.82 Å². The van der Waals surface area contributed by atoms with Crippen molar-refractivity contribution in [3.8, 4) is 5.82 Å². The molecule has 0 amide bonds. The van der Waals surface area contributed by atoms with Crippen LogP contribution in [0, 0.1) is 3.57 Å². The van der Waals surface area contributed by atoms with Crippen LogP contribution in [0.5, 0.6) is 0 Å². The fourth-order valence-electron chi connectivity index (χ4n) is 1.86. The number of nitrogens with one attached hydrogen (secondary N) is 1. The molecule has 0 aromatic carbocycles. The molecule has 5 nitrogen and oxygen atoms in total. The number of nitrogens with zero attached hydrogens (tertiary/aromatic N) is 4. The van der Waals surface area contributed by atoms with E-state index < -0.39 is 0 Å². The molecule has 1 aliphatic carbocycles. The second-order valence-electron chi connectivity index (χ2n) is 4.77. The van der Waals surface area contributed by atoms with E-state index >= 15 is 0 Å². The SMILES string of the molecule is CCCNc1cc(-n2cc(I)cn2)nc(C2CC2)n1. The molecule has 0 saturated heterocycles. The van der Waals surface area contributed by atoms with Gasteiger partial charge in [0.1, 0.15) is 11.6 Å². The molecule has 0 spiro atoms. The Labute approximate surface area is 126 Å². The molecule has 0 unspecified atom stereocenters. The van der Waals surface area contributed by atoms with Gasteiger partial charge < -0.3 is 5.32 Å². The standard InChI is InChI=1S/C13H16IN5/c1-2-5-15-11-6-12(19-8-10(14)7-16-19)18-13(17-11)9-3-4-9/h6-9H,2-5H2,1H3,(H,15,17,18). The minimum absolute atomic E-state index is 0.539. The van der Waals surface area contributed by atoms with Crippen molar-refractivity contribution in [3.05, 3.63) is 27.9 Å². The van der Waals surface area contributed by atoms with Crippen LogP contribution in [-0.4, -0.2) is 26.3 Å². The summed E-state index contributed by atoms with van der Waals surface area (Å²) in [6.07, 6.45) is 7.29. The van der Waals surface area contributed by atoms with E-state index in [1.165, 1.54) is 12.8 Å². The molecule has 1 fully saturated rings. The average Bonchev–Trinajstić information content (AvgIpc) is 3.18. The summed E-state index contributed by atoms with van der Waals surface area (Å²) in [7, 11) is 0. The van der Waals surface area contributed by atoms with Gasteiger partial charge in [0.2, 0.25) is 0 Å². The van der Waals surface area contributed by atoms with Crippen LogP contribution in [0.4, 0.5) is 5.82 Å². The van der Waals surface area contributed by atoms with Crippen LogP contribution in [-0.2, 0) is 0 Å². The number of rotatable bonds is 5. The second-order valence-corrected chi connectivity index (χ2v) is 6.02. The Balaban J connectivity index is 1.95. The smallest absolute Gasteiger partial charge is 0.159 e. The predicted molar refractivity (Wildman–Crippen MR) is 82.6 cm³/mol. The Kier molecular flexibility index (Phi) is 3.67. The zero-order valence-corrected chi connectivity index (χ0v) is 13.0. The summed E-state index contributed by atoms with van der Waals surface area (Å²) in [5.74, 6) is 3.23. The van der Waals surface area contributed by atoms with Crippen molar-refractivity contribution < 1.29 is 0 Å². The molecule has 2 aromatic rings. The van der Waals surface area contributed by atoms with E-state index in [0.29, 0.717) is 5.92 Å². The Hall–Kier alpha value is -1.18. The van der Waals surface area contributed by atoms with Gasteiger partial charge in [-0.25, -0.2) is 14.6 Å². The molecule has 1 N–H and O–H groups in total. The van der Waals surface area contributed by atoms with Crippen LogP contribution in [0.2, 0.25) is 0 Å². The topological polar surface area (TPSA) is 55.6 Å². The van der Waals surface area contributed by atoms with Crippen molar-refractivity contribution in [1.82, 2.24) is 19.7 Å². The third-order valence-corrected chi connectivity index (χ3v) is 3.57. The van der Waals surface area contributed by atoms with Crippen molar-refractivity contribution in [2.75, 3.05) is 11.9 Å². The lowest BCUT2D eigenvalue weighted by Crippen LogP contribution is -2.08. The van der Waals surface area contributed by atoms with Gasteiger partial charge in [0.05, 0.1) is 9.77 Å². The molecular weight excluding hydrogens is 353 g/mol. The monoisotopic (exact) mass is 369 g/mol. The van der Waals surface area contributed by atoms with Crippen molar-refractivity contribution in [1.29, 1.82) is 0 Å².